The van der Waals surface area contributed by atoms with Gasteiger partial charge < -0.3 is 8.92 Å². The molecule has 0 rings (SSSR count). The molecule has 15 heavy (non-hydrogen) atoms. The third-order valence-electron chi connectivity index (χ3n) is 0.850. The summed E-state index contributed by atoms with van der Waals surface area (Å²) in [6, 6.07) is 0. The lowest BCUT2D eigenvalue weighted by atomic mass is 10.7. The van der Waals surface area contributed by atoms with E-state index in [2.05, 4.69) is 13.1 Å². The van der Waals surface area contributed by atoms with Crippen LogP contribution in [0.1, 0.15) is 13.8 Å². The van der Waals surface area contributed by atoms with Crippen molar-refractivity contribution in [1.29, 1.82) is 0 Å². The molecule has 0 unspecified atom stereocenters. The Morgan fingerprint density at radius 2 is 1.80 bits per heavy atom. The number of carbonyl (C=O) groups excluding carboxylic acids is 2. The Labute approximate surface area is 104 Å². The molecule has 0 bridgehead atoms. The molecule has 0 saturated heterocycles. The first-order valence-corrected chi connectivity index (χ1v) is 4.95. The van der Waals surface area contributed by atoms with Crippen molar-refractivity contribution in [2.45, 2.75) is 13.8 Å². The first kappa shape index (κ1) is 17.0. The maximum Gasteiger partial charge on any atom is 0.451 e. The Hall–Kier alpha value is -0.384. The SMILES string of the molecule is CCOS(=O)(=O)OC(=O)COC(C)=O.[MgH2]. The van der Waals surface area contributed by atoms with E-state index in [1.165, 1.54) is 6.92 Å². The molecule has 0 amide bonds. The lowest BCUT2D eigenvalue weighted by Gasteiger charge is -2.03. The molecule has 0 N–H and O–H groups in total. The topological polar surface area (TPSA) is 96.0 Å². The van der Waals surface area contributed by atoms with E-state index < -0.39 is 28.9 Å². The van der Waals surface area contributed by atoms with Crippen LogP contribution in [0.3, 0.4) is 0 Å². The van der Waals surface area contributed by atoms with Crippen molar-refractivity contribution >= 4 is 45.4 Å². The fraction of sp³-hybridized carbons (Fsp3) is 0.667. The summed E-state index contributed by atoms with van der Waals surface area (Å²) in [4.78, 5) is 20.9. The van der Waals surface area contributed by atoms with E-state index in [1.807, 2.05) is 0 Å². The summed E-state index contributed by atoms with van der Waals surface area (Å²) in [5.74, 6) is -1.93. The molecule has 0 fully saturated rings. The summed E-state index contributed by atoms with van der Waals surface area (Å²) < 4.78 is 33.5. The largest absolute Gasteiger partial charge is 0.454 e. The molecule has 0 aromatic carbocycles. The highest BCUT2D eigenvalue weighted by Crippen LogP contribution is 1.96. The predicted molar refractivity (Wildman–Crippen MR) is 51.8 cm³/mol. The molecule has 0 aromatic heterocycles. The number of hydrogen-bond acceptors (Lipinski definition) is 7. The lowest BCUT2D eigenvalue weighted by molar-refractivity contribution is -0.152. The summed E-state index contributed by atoms with van der Waals surface area (Å²) in [6.45, 7) is 1.58. The summed E-state index contributed by atoms with van der Waals surface area (Å²) >= 11 is 0. The molecule has 7 nitrogen and oxygen atoms in total. The van der Waals surface area contributed by atoms with Crippen molar-refractivity contribution in [3.8, 4) is 0 Å². The van der Waals surface area contributed by atoms with Crippen molar-refractivity contribution in [2.75, 3.05) is 13.2 Å². The van der Waals surface area contributed by atoms with Crippen LogP contribution in [0, 0.1) is 0 Å². The van der Waals surface area contributed by atoms with Crippen LogP contribution in [0.2, 0.25) is 0 Å². The zero-order chi connectivity index (χ0) is 11.2. The van der Waals surface area contributed by atoms with Crippen LogP contribution in [0.15, 0.2) is 0 Å². The van der Waals surface area contributed by atoms with Gasteiger partial charge in [0.05, 0.1) is 6.61 Å². The molecule has 0 aliphatic carbocycles. The average molecular weight is 253 g/mol. The Bertz CT molecular complexity index is 309. The van der Waals surface area contributed by atoms with Gasteiger partial charge in [0.1, 0.15) is 0 Å². The van der Waals surface area contributed by atoms with Gasteiger partial charge in [0, 0.05) is 6.92 Å². The van der Waals surface area contributed by atoms with Gasteiger partial charge >= 0.3 is 45.4 Å². The zero-order valence-corrected chi connectivity index (χ0v) is 8.50. The normalized spacial score (nSPS) is 10.0. The minimum absolute atomic E-state index is 0. The molecule has 0 radical (unpaired) electrons. The van der Waals surface area contributed by atoms with Crippen LogP contribution in [0.4, 0.5) is 0 Å². The fourth-order valence-electron chi connectivity index (χ4n) is 0.467. The monoisotopic (exact) mass is 252 g/mol. The molecular weight excluding hydrogens is 240 g/mol. The van der Waals surface area contributed by atoms with Crippen LogP contribution in [-0.2, 0) is 33.1 Å². The van der Waals surface area contributed by atoms with Gasteiger partial charge in [0.25, 0.3) is 0 Å². The minimum atomic E-state index is -4.32. The first-order chi connectivity index (χ1) is 6.37. The highest BCUT2D eigenvalue weighted by molar-refractivity contribution is 7.82. The van der Waals surface area contributed by atoms with Crippen LogP contribution >= 0.6 is 0 Å². The van der Waals surface area contributed by atoms with Gasteiger partial charge in [-0.3, -0.25) is 4.79 Å². The maximum atomic E-state index is 10.7. The van der Waals surface area contributed by atoms with E-state index in [4.69, 9.17) is 0 Å². The fourth-order valence-corrected chi connectivity index (χ4v) is 1.08. The number of carbonyl (C=O) groups is 2. The highest BCUT2D eigenvalue weighted by Gasteiger charge is 2.17. The van der Waals surface area contributed by atoms with Gasteiger partial charge in [-0.05, 0) is 6.92 Å². The van der Waals surface area contributed by atoms with Gasteiger partial charge in [-0.25, -0.2) is 8.98 Å². The molecular formula is C6H12MgO7S. The van der Waals surface area contributed by atoms with Crippen molar-refractivity contribution in [2.24, 2.45) is 0 Å². The zero-order valence-electron chi connectivity index (χ0n) is 7.68. The number of ether oxygens (including phenoxy) is 1. The lowest BCUT2D eigenvalue weighted by Crippen LogP contribution is -2.20. The second kappa shape index (κ2) is 7.85. The molecule has 0 spiro atoms. The third kappa shape index (κ3) is 9.91. The minimum Gasteiger partial charge on any atom is -0.454 e. The Morgan fingerprint density at radius 1 is 1.27 bits per heavy atom. The maximum absolute atomic E-state index is 10.7. The van der Waals surface area contributed by atoms with Gasteiger partial charge in [0.15, 0.2) is 6.61 Å². The molecule has 0 aromatic rings. The first-order valence-electron chi connectivity index (χ1n) is 3.62. The van der Waals surface area contributed by atoms with Gasteiger partial charge in [-0.1, -0.05) is 0 Å². The molecule has 0 aliphatic rings. The second-order valence-corrected chi connectivity index (χ2v) is 3.27. The summed E-state index contributed by atoms with van der Waals surface area (Å²) in [5.41, 5.74) is 0. The number of rotatable bonds is 5. The molecule has 0 saturated carbocycles. The van der Waals surface area contributed by atoms with Crippen molar-refractivity contribution in [1.82, 2.24) is 0 Å². The van der Waals surface area contributed by atoms with E-state index in [0.717, 1.165) is 6.92 Å². The van der Waals surface area contributed by atoms with E-state index in [0.29, 0.717) is 0 Å². The van der Waals surface area contributed by atoms with Crippen LogP contribution < -0.4 is 0 Å². The Kier molecular flexibility index (Phi) is 8.91. The Balaban J connectivity index is 0. The van der Waals surface area contributed by atoms with Crippen molar-refractivity contribution in [3.63, 3.8) is 0 Å². The smallest absolute Gasteiger partial charge is 0.451 e. The van der Waals surface area contributed by atoms with E-state index in [9.17, 15) is 18.0 Å². The van der Waals surface area contributed by atoms with Gasteiger partial charge in [0.2, 0.25) is 0 Å². The predicted octanol–water partition coefficient (Wildman–Crippen LogP) is -1.54. The summed E-state index contributed by atoms with van der Waals surface area (Å²) in [6.07, 6.45) is 0. The highest BCUT2D eigenvalue weighted by atomic mass is 32.3. The molecule has 86 valence electrons. The van der Waals surface area contributed by atoms with Crippen molar-refractivity contribution in [3.05, 3.63) is 0 Å². The summed E-state index contributed by atoms with van der Waals surface area (Å²) in [5, 5.41) is 0. The van der Waals surface area contributed by atoms with Crippen LogP contribution in [-0.4, -0.2) is 56.6 Å². The quantitative estimate of drug-likeness (QED) is 0.432. The average Bonchev–Trinajstić information content (AvgIpc) is 1.99. The molecule has 0 atom stereocenters. The number of esters is 1. The van der Waals surface area contributed by atoms with E-state index in [1.54, 1.807) is 0 Å². The molecule has 0 heterocycles. The molecule has 9 heteroatoms. The van der Waals surface area contributed by atoms with E-state index in [-0.39, 0.29) is 29.7 Å². The third-order valence-corrected chi connectivity index (χ3v) is 1.76. The molecule has 0 aliphatic heterocycles. The Morgan fingerprint density at radius 3 is 2.20 bits per heavy atom. The standard InChI is InChI=1S/C6H10O7S.Mg.2H/c1-3-12-14(9,10)13-6(8)4-11-5(2)7;;;/h3-4H2,1-2H3;;;. The second-order valence-electron chi connectivity index (χ2n) is 2.05. The number of hydrogen-bond donors (Lipinski definition) is 0. The summed E-state index contributed by atoms with van der Waals surface area (Å²) in [7, 11) is -4.32. The van der Waals surface area contributed by atoms with Gasteiger partial charge in [-0.2, -0.15) is 8.42 Å². The van der Waals surface area contributed by atoms with Crippen molar-refractivity contribution < 1.29 is 31.1 Å². The van der Waals surface area contributed by atoms with Gasteiger partial charge in [-0.15, -0.1) is 0 Å². The van der Waals surface area contributed by atoms with Crippen LogP contribution in [0.5, 0.6) is 0 Å². The van der Waals surface area contributed by atoms with E-state index >= 15 is 0 Å². The van der Waals surface area contributed by atoms with Crippen LogP contribution in [0.25, 0.3) is 0 Å².